The third kappa shape index (κ3) is 4.81. The van der Waals surface area contributed by atoms with E-state index in [9.17, 15) is 14.4 Å². The molecule has 1 heterocycles. The van der Waals surface area contributed by atoms with E-state index in [4.69, 9.17) is 4.74 Å². The molecular formula is C17H22N2O4. The molecule has 1 aromatic rings. The lowest BCUT2D eigenvalue weighted by atomic mass is 9.87. The normalized spacial score (nSPS) is 17.5. The number of hydrogen-bond acceptors (Lipinski definition) is 4. The molecule has 2 rings (SSSR count). The highest BCUT2D eigenvalue weighted by Gasteiger charge is 2.28. The Labute approximate surface area is 135 Å². The van der Waals surface area contributed by atoms with Crippen LogP contribution in [0.5, 0.6) is 0 Å². The SMILES string of the molecule is CC(C)(C)c1ccc(NC(=O)COC(=O)[C@@H]2CCC(=O)N2)cc1. The van der Waals surface area contributed by atoms with E-state index in [-0.39, 0.29) is 17.9 Å². The van der Waals surface area contributed by atoms with Gasteiger partial charge in [-0.05, 0) is 29.5 Å². The monoisotopic (exact) mass is 318 g/mol. The molecule has 1 atom stereocenters. The van der Waals surface area contributed by atoms with Crippen molar-refractivity contribution in [3.63, 3.8) is 0 Å². The van der Waals surface area contributed by atoms with Crippen LogP contribution in [0.1, 0.15) is 39.2 Å². The molecule has 1 aliphatic rings. The quantitative estimate of drug-likeness (QED) is 0.828. The summed E-state index contributed by atoms with van der Waals surface area (Å²) in [5.74, 6) is -1.16. The fraction of sp³-hybridized carbons (Fsp3) is 0.471. The fourth-order valence-electron chi connectivity index (χ4n) is 2.28. The topological polar surface area (TPSA) is 84.5 Å². The molecule has 0 spiro atoms. The summed E-state index contributed by atoms with van der Waals surface area (Å²) in [5, 5.41) is 5.17. The van der Waals surface area contributed by atoms with E-state index in [1.54, 1.807) is 0 Å². The number of rotatable bonds is 4. The van der Waals surface area contributed by atoms with Crippen molar-refractivity contribution in [1.82, 2.24) is 5.32 Å². The number of carbonyl (C=O) groups excluding carboxylic acids is 3. The van der Waals surface area contributed by atoms with Gasteiger partial charge < -0.3 is 15.4 Å². The molecular weight excluding hydrogens is 296 g/mol. The number of amides is 2. The zero-order chi connectivity index (χ0) is 17.0. The first-order valence-corrected chi connectivity index (χ1v) is 7.62. The van der Waals surface area contributed by atoms with Gasteiger partial charge in [0.2, 0.25) is 5.91 Å². The number of esters is 1. The molecule has 0 aromatic heterocycles. The van der Waals surface area contributed by atoms with Crippen LogP contribution in [0.3, 0.4) is 0 Å². The van der Waals surface area contributed by atoms with Crippen molar-refractivity contribution < 1.29 is 19.1 Å². The van der Waals surface area contributed by atoms with Crippen LogP contribution in [0, 0.1) is 0 Å². The Kier molecular flexibility index (Phi) is 5.03. The average Bonchev–Trinajstić information content (AvgIpc) is 2.91. The Balaban J connectivity index is 1.80. The average molecular weight is 318 g/mol. The third-order valence-corrected chi connectivity index (χ3v) is 3.66. The number of benzene rings is 1. The third-order valence-electron chi connectivity index (χ3n) is 3.66. The van der Waals surface area contributed by atoms with Gasteiger partial charge in [0.1, 0.15) is 6.04 Å². The Morgan fingerprint density at radius 1 is 1.26 bits per heavy atom. The summed E-state index contributed by atoms with van der Waals surface area (Å²) in [7, 11) is 0. The van der Waals surface area contributed by atoms with Crippen molar-refractivity contribution in [1.29, 1.82) is 0 Å². The lowest BCUT2D eigenvalue weighted by Gasteiger charge is -2.19. The van der Waals surface area contributed by atoms with Crippen LogP contribution in [0.15, 0.2) is 24.3 Å². The fourth-order valence-corrected chi connectivity index (χ4v) is 2.28. The molecule has 1 aliphatic heterocycles. The van der Waals surface area contributed by atoms with Gasteiger partial charge >= 0.3 is 5.97 Å². The van der Waals surface area contributed by atoms with Gasteiger partial charge in [0.05, 0.1) is 0 Å². The number of carbonyl (C=O) groups is 3. The van der Waals surface area contributed by atoms with Crippen molar-refractivity contribution in [2.75, 3.05) is 11.9 Å². The van der Waals surface area contributed by atoms with Gasteiger partial charge in [-0.25, -0.2) is 4.79 Å². The maximum absolute atomic E-state index is 11.8. The second-order valence-electron chi connectivity index (χ2n) is 6.64. The summed E-state index contributed by atoms with van der Waals surface area (Å²) >= 11 is 0. The first-order chi connectivity index (χ1) is 10.8. The predicted molar refractivity (Wildman–Crippen MR) is 85.9 cm³/mol. The highest BCUT2D eigenvalue weighted by Crippen LogP contribution is 2.23. The minimum absolute atomic E-state index is 0.0454. The van der Waals surface area contributed by atoms with Gasteiger partial charge in [-0.15, -0.1) is 0 Å². The first kappa shape index (κ1) is 17.0. The highest BCUT2D eigenvalue weighted by atomic mass is 16.5. The van der Waals surface area contributed by atoms with E-state index in [1.165, 1.54) is 5.56 Å². The van der Waals surface area contributed by atoms with Crippen LogP contribution in [0.4, 0.5) is 5.69 Å². The van der Waals surface area contributed by atoms with Crippen LogP contribution in [0.2, 0.25) is 0 Å². The molecule has 23 heavy (non-hydrogen) atoms. The molecule has 1 fully saturated rings. The minimum Gasteiger partial charge on any atom is -0.454 e. The molecule has 124 valence electrons. The van der Waals surface area contributed by atoms with Crippen LogP contribution in [0.25, 0.3) is 0 Å². The van der Waals surface area contributed by atoms with Crippen molar-refractivity contribution in [2.24, 2.45) is 0 Å². The van der Waals surface area contributed by atoms with Crippen LogP contribution < -0.4 is 10.6 Å². The van der Waals surface area contributed by atoms with Crippen molar-refractivity contribution >= 4 is 23.5 Å². The smallest absolute Gasteiger partial charge is 0.329 e. The summed E-state index contributed by atoms with van der Waals surface area (Å²) in [6.07, 6.45) is 0.722. The van der Waals surface area contributed by atoms with E-state index >= 15 is 0 Å². The van der Waals surface area contributed by atoms with Crippen molar-refractivity contribution in [3.05, 3.63) is 29.8 Å². The molecule has 0 bridgehead atoms. The lowest BCUT2D eigenvalue weighted by Crippen LogP contribution is -2.36. The van der Waals surface area contributed by atoms with Crippen molar-refractivity contribution in [2.45, 2.75) is 45.1 Å². The van der Waals surface area contributed by atoms with Crippen LogP contribution in [-0.4, -0.2) is 30.4 Å². The molecule has 2 N–H and O–H groups in total. The van der Waals surface area contributed by atoms with Gasteiger partial charge in [-0.2, -0.15) is 0 Å². The molecule has 1 aromatic carbocycles. The summed E-state index contributed by atoms with van der Waals surface area (Å²) < 4.78 is 4.92. The van der Waals surface area contributed by atoms with Gasteiger partial charge in [0.15, 0.2) is 6.61 Å². The zero-order valence-electron chi connectivity index (χ0n) is 13.6. The van der Waals surface area contributed by atoms with Gasteiger partial charge in [0.25, 0.3) is 5.91 Å². The van der Waals surface area contributed by atoms with Crippen LogP contribution in [-0.2, 0) is 24.5 Å². The second-order valence-corrected chi connectivity index (χ2v) is 6.64. The number of anilines is 1. The van der Waals surface area contributed by atoms with Gasteiger partial charge in [0, 0.05) is 12.1 Å². The maximum atomic E-state index is 11.8. The molecule has 0 saturated carbocycles. The standard InChI is InChI=1S/C17H22N2O4/c1-17(2,3)11-4-6-12(7-5-11)18-15(21)10-23-16(22)13-8-9-14(20)19-13/h4-7,13H,8-10H2,1-3H3,(H,18,21)(H,19,20)/t13-/m0/s1. The van der Waals surface area contributed by atoms with E-state index in [1.807, 2.05) is 24.3 Å². The largest absolute Gasteiger partial charge is 0.454 e. The molecule has 0 unspecified atom stereocenters. The lowest BCUT2D eigenvalue weighted by molar-refractivity contribution is -0.149. The Morgan fingerprint density at radius 2 is 1.91 bits per heavy atom. The summed E-state index contributed by atoms with van der Waals surface area (Å²) in [5.41, 5.74) is 1.86. The molecule has 6 heteroatoms. The Morgan fingerprint density at radius 3 is 2.43 bits per heavy atom. The zero-order valence-corrected chi connectivity index (χ0v) is 13.6. The minimum atomic E-state index is -0.638. The second kappa shape index (κ2) is 6.81. The highest BCUT2D eigenvalue weighted by molar-refractivity contribution is 5.94. The maximum Gasteiger partial charge on any atom is 0.329 e. The van der Waals surface area contributed by atoms with E-state index in [2.05, 4.69) is 31.4 Å². The van der Waals surface area contributed by atoms with E-state index < -0.39 is 17.9 Å². The Hall–Kier alpha value is -2.37. The van der Waals surface area contributed by atoms with E-state index in [0.29, 0.717) is 18.5 Å². The molecule has 1 saturated heterocycles. The van der Waals surface area contributed by atoms with Gasteiger partial charge in [-0.3, -0.25) is 9.59 Å². The van der Waals surface area contributed by atoms with E-state index in [0.717, 1.165) is 0 Å². The Bertz CT molecular complexity index is 602. The molecule has 6 nitrogen and oxygen atoms in total. The predicted octanol–water partition coefficient (Wildman–Crippen LogP) is 1.74. The molecule has 0 aliphatic carbocycles. The first-order valence-electron chi connectivity index (χ1n) is 7.62. The number of nitrogens with one attached hydrogen (secondary N) is 2. The summed E-state index contributed by atoms with van der Waals surface area (Å²) in [4.78, 5) is 34.5. The number of hydrogen-bond donors (Lipinski definition) is 2. The molecule has 2 amide bonds. The summed E-state index contributed by atoms with van der Waals surface area (Å²) in [6, 6.07) is 6.90. The van der Waals surface area contributed by atoms with Crippen molar-refractivity contribution in [3.8, 4) is 0 Å². The number of ether oxygens (including phenoxy) is 1. The summed E-state index contributed by atoms with van der Waals surface area (Å²) in [6.45, 7) is 5.97. The molecule has 0 radical (unpaired) electrons. The van der Waals surface area contributed by atoms with Gasteiger partial charge in [-0.1, -0.05) is 32.9 Å². The van der Waals surface area contributed by atoms with Crippen LogP contribution >= 0.6 is 0 Å².